The van der Waals surface area contributed by atoms with Crippen LogP contribution in [0.1, 0.15) is 17.5 Å². The number of amides is 1. The van der Waals surface area contributed by atoms with Crippen LogP contribution < -0.4 is 10.2 Å². The first-order chi connectivity index (χ1) is 12.5. The number of aryl methyl sites for hydroxylation is 2. The summed E-state index contributed by atoms with van der Waals surface area (Å²) in [6.07, 6.45) is 0.506. The molecule has 0 atom stereocenters. The lowest BCUT2D eigenvalue weighted by molar-refractivity contribution is -0.116. The highest BCUT2D eigenvalue weighted by Gasteiger charge is 2.18. The zero-order chi connectivity index (χ0) is 18.5. The highest BCUT2D eigenvalue weighted by Crippen LogP contribution is 2.20. The third-order valence-corrected chi connectivity index (χ3v) is 5.09. The van der Waals surface area contributed by atoms with Crippen LogP contribution in [0, 0.1) is 13.8 Å². The van der Waals surface area contributed by atoms with Gasteiger partial charge in [0, 0.05) is 55.5 Å². The Morgan fingerprint density at radius 1 is 1.08 bits per heavy atom. The van der Waals surface area contributed by atoms with Crippen LogP contribution in [-0.2, 0) is 4.79 Å². The molecular formula is C21H26ClN3O. The summed E-state index contributed by atoms with van der Waals surface area (Å²) < 4.78 is 0. The average Bonchev–Trinajstić information content (AvgIpc) is 2.63. The number of piperazine rings is 1. The van der Waals surface area contributed by atoms with E-state index in [1.54, 1.807) is 6.07 Å². The Bertz CT molecular complexity index is 770. The van der Waals surface area contributed by atoms with Crippen molar-refractivity contribution < 1.29 is 4.79 Å². The summed E-state index contributed by atoms with van der Waals surface area (Å²) in [4.78, 5) is 17.0. The Hall–Kier alpha value is -2.04. The Morgan fingerprint density at radius 3 is 2.54 bits per heavy atom. The van der Waals surface area contributed by atoms with Crippen LogP contribution in [0.2, 0.25) is 5.02 Å². The Labute approximate surface area is 160 Å². The molecule has 0 unspecified atom stereocenters. The van der Waals surface area contributed by atoms with Gasteiger partial charge in [-0.1, -0.05) is 23.7 Å². The number of nitrogens with one attached hydrogen (secondary N) is 1. The fourth-order valence-electron chi connectivity index (χ4n) is 3.29. The van der Waals surface area contributed by atoms with Gasteiger partial charge in [-0.2, -0.15) is 0 Å². The van der Waals surface area contributed by atoms with E-state index in [2.05, 4.69) is 46.3 Å². The number of anilines is 2. The molecule has 3 rings (SSSR count). The third kappa shape index (κ3) is 4.99. The van der Waals surface area contributed by atoms with Crippen molar-refractivity contribution in [2.75, 3.05) is 42.9 Å². The van der Waals surface area contributed by atoms with Gasteiger partial charge in [0.1, 0.15) is 0 Å². The fourth-order valence-corrected chi connectivity index (χ4v) is 3.52. The molecule has 1 N–H and O–H groups in total. The molecule has 1 heterocycles. The van der Waals surface area contributed by atoms with Crippen LogP contribution in [-0.4, -0.2) is 43.5 Å². The van der Waals surface area contributed by atoms with E-state index < -0.39 is 0 Å². The Kier molecular flexibility index (Phi) is 6.17. The zero-order valence-electron chi connectivity index (χ0n) is 15.5. The van der Waals surface area contributed by atoms with Crippen molar-refractivity contribution in [2.45, 2.75) is 20.3 Å². The van der Waals surface area contributed by atoms with Crippen molar-refractivity contribution in [2.24, 2.45) is 0 Å². The van der Waals surface area contributed by atoms with E-state index in [4.69, 9.17) is 11.6 Å². The molecule has 1 aliphatic heterocycles. The Balaban J connectivity index is 1.44. The molecule has 2 aromatic rings. The molecule has 1 aliphatic rings. The van der Waals surface area contributed by atoms with E-state index in [1.807, 2.05) is 19.1 Å². The molecule has 138 valence electrons. The SMILES string of the molecule is Cc1cccc(N2CCN(CCC(=O)Nc3ccc(Cl)cc3C)CC2)c1. The van der Waals surface area contributed by atoms with Crippen LogP contribution in [0.25, 0.3) is 0 Å². The number of hydrogen-bond acceptors (Lipinski definition) is 3. The summed E-state index contributed by atoms with van der Waals surface area (Å²) in [7, 11) is 0. The standard InChI is InChI=1S/C21H26ClN3O/c1-16-4-3-5-19(14-16)25-12-10-24(11-13-25)9-8-21(26)23-20-7-6-18(22)15-17(20)2/h3-7,14-15H,8-13H2,1-2H3,(H,23,26). The first kappa shape index (κ1) is 18.7. The summed E-state index contributed by atoms with van der Waals surface area (Å²) in [6, 6.07) is 14.2. The second kappa shape index (κ2) is 8.56. The van der Waals surface area contributed by atoms with Gasteiger partial charge in [0.15, 0.2) is 0 Å². The van der Waals surface area contributed by atoms with Crippen LogP contribution in [0.4, 0.5) is 11.4 Å². The van der Waals surface area contributed by atoms with E-state index in [0.29, 0.717) is 11.4 Å². The molecule has 1 fully saturated rings. The van der Waals surface area contributed by atoms with Gasteiger partial charge in [-0.15, -0.1) is 0 Å². The number of halogens is 1. The predicted octanol–water partition coefficient (Wildman–Crippen LogP) is 4.11. The normalized spacial score (nSPS) is 15.1. The van der Waals surface area contributed by atoms with Crippen molar-refractivity contribution >= 4 is 28.9 Å². The summed E-state index contributed by atoms with van der Waals surface area (Å²) in [6.45, 7) is 8.85. The van der Waals surface area contributed by atoms with Gasteiger partial charge in [-0.25, -0.2) is 0 Å². The van der Waals surface area contributed by atoms with Crippen molar-refractivity contribution in [3.63, 3.8) is 0 Å². The smallest absolute Gasteiger partial charge is 0.225 e. The van der Waals surface area contributed by atoms with Gasteiger partial charge in [0.05, 0.1) is 0 Å². The number of carbonyl (C=O) groups is 1. The van der Waals surface area contributed by atoms with Crippen molar-refractivity contribution in [3.8, 4) is 0 Å². The Morgan fingerprint density at radius 2 is 1.85 bits per heavy atom. The molecule has 2 aromatic carbocycles. The summed E-state index contributed by atoms with van der Waals surface area (Å²) in [5.74, 6) is 0.0523. The van der Waals surface area contributed by atoms with Gasteiger partial charge in [0.2, 0.25) is 5.91 Å². The maximum absolute atomic E-state index is 12.2. The monoisotopic (exact) mass is 371 g/mol. The second-order valence-electron chi connectivity index (χ2n) is 6.93. The average molecular weight is 372 g/mol. The van der Waals surface area contributed by atoms with E-state index in [1.165, 1.54) is 11.3 Å². The molecule has 1 saturated heterocycles. The molecule has 0 aromatic heterocycles. The summed E-state index contributed by atoms with van der Waals surface area (Å²) >= 11 is 5.96. The second-order valence-corrected chi connectivity index (χ2v) is 7.36. The minimum Gasteiger partial charge on any atom is -0.369 e. The molecule has 0 bridgehead atoms. The van der Waals surface area contributed by atoms with Crippen molar-refractivity contribution in [1.29, 1.82) is 0 Å². The molecule has 0 spiro atoms. The van der Waals surface area contributed by atoms with Gasteiger partial charge >= 0.3 is 0 Å². The predicted molar refractivity (Wildman–Crippen MR) is 109 cm³/mol. The largest absolute Gasteiger partial charge is 0.369 e. The molecule has 26 heavy (non-hydrogen) atoms. The number of carbonyl (C=O) groups excluding carboxylic acids is 1. The first-order valence-electron chi connectivity index (χ1n) is 9.11. The summed E-state index contributed by atoms with van der Waals surface area (Å²) in [5.41, 5.74) is 4.40. The lowest BCUT2D eigenvalue weighted by Gasteiger charge is -2.36. The molecule has 0 saturated carbocycles. The van der Waals surface area contributed by atoms with Gasteiger partial charge in [0.25, 0.3) is 0 Å². The molecule has 4 nitrogen and oxygen atoms in total. The molecular weight excluding hydrogens is 346 g/mol. The lowest BCUT2D eigenvalue weighted by Crippen LogP contribution is -2.47. The highest BCUT2D eigenvalue weighted by atomic mass is 35.5. The topological polar surface area (TPSA) is 35.6 Å². The van der Waals surface area contributed by atoms with Gasteiger partial charge < -0.3 is 10.2 Å². The number of nitrogens with zero attached hydrogens (tertiary/aromatic N) is 2. The first-order valence-corrected chi connectivity index (χ1v) is 9.49. The number of rotatable bonds is 5. The number of hydrogen-bond donors (Lipinski definition) is 1. The van der Waals surface area contributed by atoms with Crippen LogP contribution in [0.5, 0.6) is 0 Å². The van der Waals surface area contributed by atoms with Gasteiger partial charge in [-0.05, 0) is 55.3 Å². The van der Waals surface area contributed by atoms with E-state index in [-0.39, 0.29) is 5.91 Å². The maximum atomic E-state index is 12.2. The maximum Gasteiger partial charge on any atom is 0.225 e. The van der Waals surface area contributed by atoms with E-state index in [9.17, 15) is 4.79 Å². The van der Waals surface area contributed by atoms with E-state index in [0.717, 1.165) is 44.0 Å². The minimum atomic E-state index is 0.0523. The zero-order valence-corrected chi connectivity index (χ0v) is 16.2. The highest BCUT2D eigenvalue weighted by molar-refractivity contribution is 6.30. The molecule has 0 radical (unpaired) electrons. The minimum absolute atomic E-state index is 0.0523. The number of benzene rings is 2. The van der Waals surface area contributed by atoms with Crippen LogP contribution in [0.3, 0.4) is 0 Å². The third-order valence-electron chi connectivity index (χ3n) is 4.86. The summed E-state index contributed by atoms with van der Waals surface area (Å²) in [5, 5.41) is 3.67. The molecule has 1 amide bonds. The van der Waals surface area contributed by atoms with Crippen LogP contribution >= 0.6 is 11.6 Å². The van der Waals surface area contributed by atoms with Crippen LogP contribution in [0.15, 0.2) is 42.5 Å². The molecule has 5 heteroatoms. The van der Waals surface area contributed by atoms with Crippen molar-refractivity contribution in [1.82, 2.24) is 4.90 Å². The van der Waals surface area contributed by atoms with Crippen molar-refractivity contribution in [3.05, 3.63) is 58.6 Å². The quantitative estimate of drug-likeness (QED) is 0.859. The fraction of sp³-hybridized carbons (Fsp3) is 0.381. The lowest BCUT2D eigenvalue weighted by atomic mass is 10.2. The molecule has 0 aliphatic carbocycles. The van der Waals surface area contributed by atoms with E-state index >= 15 is 0 Å². The van der Waals surface area contributed by atoms with Gasteiger partial charge in [-0.3, -0.25) is 9.69 Å².